The van der Waals surface area contributed by atoms with E-state index in [1.807, 2.05) is 30.5 Å². The van der Waals surface area contributed by atoms with Gasteiger partial charge in [-0.1, -0.05) is 30.3 Å². The quantitative estimate of drug-likeness (QED) is 0.771. The van der Waals surface area contributed by atoms with Gasteiger partial charge in [-0.3, -0.25) is 4.79 Å². The Balaban J connectivity index is 2.20. The molecule has 1 heterocycles. The lowest BCUT2D eigenvalue weighted by Crippen LogP contribution is -2.07. The zero-order valence-electron chi connectivity index (χ0n) is 9.68. The first-order valence-corrected chi connectivity index (χ1v) is 6.51. The Morgan fingerprint density at radius 1 is 1.24 bits per heavy atom. The summed E-state index contributed by atoms with van der Waals surface area (Å²) in [5, 5.41) is 4.09. The average Bonchev–Trinajstić information content (AvgIpc) is 2.78. The summed E-state index contributed by atoms with van der Waals surface area (Å²) in [6, 6.07) is 10.1. The maximum absolute atomic E-state index is 11.5. The van der Waals surface area contributed by atoms with Gasteiger partial charge in [0.25, 0.3) is 0 Å². The highest BCUT2D eigenvalue weighted by Crippen LogP contribution is 2.27. The minimum Gasteiger partial charge on any atom is -0.466 e. The van der Waals surface area contributed by atoms with Gasteiger partial charge < -0.3 is 4.74 Å². The second-order valence-electron chi connectivity index (χ2n) is 3.66. The minimum absolute atomic E-state index is 0.164. The summed E-state index contributed by atoms with van der Waals surface area (Å²) < 4.78 is 4.97. The third-order valence-electron chi connectivity index (χ3n) is 2.47. The molecule has 0 aliphatic carbocycles. The van der Waals surface area contributed by atoms with Crippen LogP contribution in [0.25, 0.3) is 11.1 Å². The molecule has 0 aliphatic rings. The van der Waals surface area contributed by atoms with Gasteiger partial charge >= 0.3 is 5.97 Å². The number of ether oxygens (including phenoxy) is 1. The number of hydrogen-bond donors (Lipinski definition) is 0. The van der Waals surface area contributed by atoms with Crippen molar-refractivity contribution in [1.82, 2.24) is 0 Å². The normalized spacial score (nSPS) is 10.2. The van der Waals surface area contributed by atoms with Crippen LogP contribution in [0, 0.1) is 0 Å². The summed E-state index contributed by atoms with van der Waals surface area (Å²) in [6.45, 7) is 2.26. The summed E-state index contributed by atoms with van der Waals surface area (Å²) in [4.78, 5) is 11.5. The van der Waals surface area contributed by atoms with Crippen molar-refractivity contribution < 1.29 is 9.53 Å². The Morgan fingerprint density at radius 3 is 2.71 bits per heavy atom. The fourth-order valence-electron chi connectivity index (χ4n) is 1.70. The van der Waals surface area contributed by atoms with Crippen molar-refractivity contribution in [3.05, 3.63) is 46.7 Å². The maximum Gasteiger partial charge on any atom is 0.310 e. The lowest BCUT2D eigenvalue weighted by Gasteiger charge is -2.04. The molecular formula is C14H14O2S. The molecule has 0 unspecified atom stereocenters. The minimum atomic E-state index is -0.164. The topological polar surface area (TPSA) is 26.3 Å². The van der Waals surface area contributed by atoms with Crippen LogP contribution in [0.1, 0.15) is 12.5 Å². The first kappa shape index (κ1) is 11.9. The summed E-state index contributed by atoms with van der Waals surface area (Å²) in [6.07, 6.45) is 0.349. The predicted molar refractivity (Wildman–Crippen MR) is 70.1 cm³/mol. The van der Waals surface area contributed by atoms with Gasteiger partial charge in [-0.25, -0.2) is 0 Å². The highest BCUT2D eigenvalue weighted by atomic mass is 32.1. The molecule has 0 spiro atoms. The van der Waals surface area contributed by atoms with Crippen molar-refractivity contribution in [3.63, 3.8) is 0 Å². The highest BCUT2D eigenvalue weighted by molar-refractivity contribution is 7.08. The number of thiophene rings is 1. The van der Waals surface area contributed by atoms with E-state index in [4.69, 9.17) is 4.74 Å². The van der Waals surface area contributed by atoms with Crippen molar-refractivity contribution in [3.8, 4) is 11.1 Å². The van der Waals surface area contributed by atoms with Crippen LogP contribution in [0.5, 0.6) is 0 Å². The predicted octanol–water partition coefficient (Wildman–Crippen LogP) is 3.52. The molecule has 0 bridgehead atoms. The van der Waals surface area contributed by atoms with E-state index in [0.29, 0.717) is 13.0 Å². The van der Waals surface area contributed by atoms with Crippen LogP contribution < -0.4 is 0 Å². The van der Waals surface area contributed by atoms with E-state index in [1.165, 1.54) is 0 Å². The fraction of sp³-hybridized carbons (Fsp3) is 0.214. The second-order valence-corrected chi connectivity index (χ2v) is 4.40. The van der Waals surface area contributed by atoms with Crippen LogP contribution in [0.4, 0.5) is 0 Å². The van der Waals surface area contributed by atoms with Crippen LogP contribution in [0.3, 0.4) is 0 Å². The van der Waals surface area contributed by atoms with E-state index in [9.17, 15) is 4.79 Å². The number of rotatable bonds is 4. The summed E-state index contributed by atoms with van der Waals surface area (Å²) in [7, 11) is 0. The molecule has 0 atom stereocenters. The first-order valence-electron chi connectivity index (χ1n) is 5.57. The zero-order valence-corrected chi connectivity index (χ0v) is 10.5. The van der Waals surface area contributed by atoms with E-state index in [-0.39, 0.29) is 5.97 Å². The molecule has 2 aromatic rings. The summed E-state index contributed by atoms with van der Waals surface area (Å²) in [5.41, 5.74) is 3.32. The zero-order chi connectivity index (χ0) is 12.1. The van der Waals surface area contributed by atoms with Crippen molar-refractivity contribution >= 4 is 17.3 Å². The summed E-state index contributed by atoms with van der Waals surface area (Å²) in [5.74, 6) is -0.164. The molecule has 1 aromatic carbocycles. The third-order valence-corrected chi connectivity index (χ3v) is 3.26. The molecule has 0 saturated heterocycles. The van der Waals surface area contributed by atoms with Gasteiger partial charge in [0.1, 0.15) is 0 Å². The number of hydrogen-bond acceptors (Lipinski definition) is 3. The molecule has 0 N–H and O–H groups in total. The van der Waals surface area contributed by atoms with Crippen LogP contribution >= 0.6 is 11.3 Å². The van der Waals surface area contributed by atoms with Gasteiger partial charge in [0, 0.05) is 0 Å². The first-order chi connectivity index (χ1) is 8.31. The smallest absolute Gasteiger partial charge is 0.310 e. The molecule has 88 valence electrons. The Labute approximate surface area is 105 Å². The summed E-state index contributed by atoms with van der Waals surface area (Å²) >= 11 is 1.61. The monoisotopic (exact) mass is 246 g/mol. The fourth-order valence-corrected chi connectivity index (χ4v) is 2.57. The standard InChI is InChI=1S/C14H14O2S/c1-2-16-14(15)8-12-9-17-10-13(12)11-6-4-3-5-7-11/h3-7,9-10H,2,8H2,1H3. The molecular weight excluding hydrogens is 232 g/mol. The lowest BCUT2D eigenvalue weighted by molar-refractivity contribution is -0.142. The second kappa shape index (κ2) is 5.64. The molecule has 0 amide bonds. The van der Waals surface area contributed by atoms with E-state index in [1.54, 1.807) is 11.3 Å². The van der Waals surface area contributed by atoms with Crippen molar-refractivity contribution in [2.45, 2.75) is 13.3 Å². The average molecular weight is 246 g/mol. The Hall–Kier alpha value is -1.61. The Kier molecular flexibility index (Phi) is 3.94. The molecule has 1 aromatic heterocycles. The lowest BCUT2D eigenvalue weighted by atomic mass is 10.0. The molecule has 3 heteroatoms. The van der Waals surface area contributed by atoms with E-state index < -0.39 is 0 Å². The van der Waals surface area contributed by atoms with Gasteiger partial charge in [0.2, 0.25) is 0 Å². The molecule has 17 heavy (non-hydrogen) atoms. The van der Waals surface area contributed by atoms with Crippen LogP contribution in [0.15, 0.2) is 41.1 Å². The number of benzene rings is 1. The van der Waals surface area contributed by atoms with Crippen molar-refractivity contribution in [2.75, 3.05) is 6.61 Å². The largest absolute Gasteiger partial charge is 0.466 e. The van der Waals surface area contributed by atoms with Gasteiger partial charge in [-0.05, 0) is 34.4 Å². The molecule has 0 radical (unpaired) electrons. The molecule has 2 rings (SSSR count). The Bertz CT molecular complexity index is 488. The van der Waals surface area contributed by atoms with Crippen LogP contribution in [-0.4, -0.2) is 12.6 Å². The van der Waals surface area contributed by atoms with Crippen LogP contribution in [-0.2, 0) is 16.0 Å². The number of carbonyl (C=O) groups is 1. The molecule has 0 aliphatic heterocycles. The molecule has 2 nitrogen and oxygen atoms in total. The highest BCUT2D eigenvalue weighted by Gasteiger charge is 2.10. The number of esters is 1. The van der Waals surface area contributed by atoms with Gasteiger partial charge in [0.05, 0.1) is 13.0 Å². The number of carbonyl (C=O) groups excluding carboxylic acids is 1. The third kappa shape index (κ3) is 2.94. The Morgan fingerprint density at radius 2 is 2.00 bits per heavy atom. The van der Waals surface area contributed by atoms with Crippen molar-refractivity contribution in [1.29, 1.82) is 0 Å². The van der Waals surface area contributed by atoms with Gasteiger partial charge in [-0.15, -0.1) is 0 Å². The molecule has 0 saturated carbocycles. The van der Waals surface area contributed by atoms with Gasteiger partial charge in [-0.2, -0.15) is 11.3 Å². The van der Waals surface area contributed by atoms with E-state index >= 15 is 0 Å². The van der Waals surface area contributed by atoms with Crippen molar-refractivity contribution in [2.24, 2.45) is 0 Å². The van der Waals surface area contributed by atoms with E-state index in [0.717, 1.165) is 16.7 Å². The van der Waals surface area contributed by atoms with Gasteiger partial charge in [0.15, 0.2) is 0 Å². The molecule has 0 fully saturated rings. The maximum atomic E-state index is 11.5. The SMILES string of the molecule is CCOC(=O)Cc1cscc1-c1ccccc1. The van der Waals surface area contributed by atoms with E-state index in [2.05, 4.69) is 17.5 Å². The van der Waals surface area contributed by atoms with Crippen LogP contribution in [0.2, 0.25) is 0 Å².